The standard InChI is InChI=1S/C52H33N3O/c1-3-16-34(17-4-1)38-20-7-8-23-42(38)51-54-49(36-18-5-2-6-19-36)53-50(55-51)37-32-30-35(31-33-37)39-25-15-28-46-48(39)43-24-10-13-27-45(43)52(46)44-26-12-9-21-40(44)41-22-11-14-29-47(41)56-52/h1-33H. The van der Waals surface area contributed by atoms with Crippen LogP contribution in [0.5, 0.6) is 5.75 Å². The van der Waals surface area contributed by atoms with Crippen molar-refractivity contribution in [1.82, 2.24) is 15.0 Å². The monoisotopic (exact) mass is 715 g/mol. The van der Waals surface area contributed by atoms with E-state index in [0.717, 1.165) is 66.9 Å². The van der Waals surface area contributed by atoms with Gasteiger partial charge in [-0.3, -0.25) is 0 Å². The summed E-state index contributed by atoms with van der Waals surface area (Å²) >= 11 is 0. The van der Waals surface area contributed by atoms with E-state index >= 15 is 0 Å². The van der Waals surface area contributed by atoms with Crippen molar-refractivity contribution >= 4 is 0 Å². The first kappa shape index (κ1) is 32.0. The Balaban J connectivity index is 1.05. The van der Waals surface area contributed by atoms with Crippen LogP contribution >= 0.6 is 0 Å². The van der Waals surface area contributed by atoms with Gasteiger partial charge in [0.2, 0.25) is 0 Å². The van der Waals surface area contributed by atoms with Crippen molar-refractivity contribution in [3.8, 4) is 84.4 Å². The van der Waals surface area contributed by atoms with Crippen LogP contribution in [0.15, 0.2) is 200 Å². The Bertz CT molecular complexity index is 2940. The molecule has 0 amide bonds. The van der Waals surface area contributed by atoms with E-state index < -0.39 is 5.60 Å². The molecule has 1 aliphatic heterocycles. The second-order valence-corrected chi connectivity index (χ2v) is 14.3. The van der Waals surface area contributed by atoms with Crippen LogP contribution in [-0.2, 0) is 5.60 Å². The van der Waals surface area contributed by atoms with Crippen LogP contribution in [0.25, 0.3) is 78.7 Å². The third kappa shape index (κ3) is 4.96. The van der Waals surface area contributed by atoms with Crippen molar-refractivity contribution in [1.29, 1.82) is 0 Å². The fourth-order valence-corrected chi connectivity index (χ4v) is 8.64. The minimum atomic E-state index is -0.780. The molecule has 1 unspecified atom stereocenters. The van der Waals surface area contributed by atoms with Crippen LogP contribution in [-0.4, -0.2) is 15.0 Å². The largest absolute Gasteiger partial charge is 0.472 e. The first-order chi connectivity index (χ1) is 27.8. The molecule has 0 saturated carbocycles. The molecule has 0 bridgehead atoms. The predicted octanol–water partition coefficient (Wildman–Crippen LogP) is 12.5. The van der Waals surface area contributed by atoms with Crippen molar-refractivity contribution in [2.75, 3.05) is 0 Å². The summed E-state index contributed by atoms with van der Waals surface area (Å²) in [5.74, 6) is 2.78. The van der Waals surface area contributed by atoms with Gasteiger partial charge in [-0.05, 0) is 45.0 Å². The second-order valence-electron chi connectivity index (χ2n) is 14.3. The van der Waals surface area contributed by atoms with Crippen LogP contribution < -0.4 is 4.74 Å². The van der Waals surface area contributed by atoms with Gasteiger partial charge in [0.05, 0.1) is 0 Å². The van der Waals surface area contributed by atoms with Gasteiger partial charge in [0.15, 0.2) is 23.1 Å². The molecule has 4 heteroatoms. The van der Waals surface area contributed by atoms with E-state index in [0.29, 0.717) is 17.5 Å². The maximum Gasteiger partial charge on any atom is 0.186 e. The Kier molecular flexibility index (Phi) is 7.36. The summed E-state index contributed by atoms with van der Waals surface area (Å²) < 4.78 is 7.24. The quantitative estimate of drug-likeness (QED) is 0.178. The number of nitrogens with zero attached hydrogens (tertiary/aromatic N) is 3. The van der Waals surface area contributed by atoms with E-state index in [4.69, 9.17) is 19.7 Å². The van der Waals surface area contributed by atoms with E-state index in [-0.39, 0.29) is 0 Å². The lowest BCUT2D eigenvalue weighted by atomic mass is 9.77. The van der Waals surface area contributed by atoms with Crippen molar-refractivity contribution in [3.63, 3.8) is 0 Å². The van der Waals surface area contributed by atoms with Crippen molar-refractivity contribution in [2.24, 2.45) is 0 Å². The Morgan fingerprint density at radius 1 is 0.286 bits per heavy atom. The summed E-state index contributed by atoms with van der Waals surface area (Å²) in [5, 5.41) is 0. The molecule has 11 rings (SSSR count). The molecule has 2 aliphatic rings. The Morgan fingerprint density at radius 2 is 0.732 bits per heavy atom. The van der Waals surface area contributed by atoms with E-state index in [1.54, 1.807) is 0 Å². The molecule has 8 aromatic carbocycles. The highest BCUT2D eigenvalue weighted by Gasteiger charge is 2.51. The summed E-state index contributed by atoms with van der Waals surface area (Å²) in [5.41, 5.74) is 14.6. The Morgan fingerprint density at radius 3 is 1.45 bits per heavy atom. The average Bonchev–Trinajstić information content (AvgIpc) is 3.56. The zero-order valence-electron chi connectivity index (χ0n) is 30.3. The van der Waals surface area contributed by atoms with E-state index in [1.165, 1.54) is 16.7 Å². The number of rotatable bonds is 5. The topological polar surface area (TPSA) is 47.9 Å². The van der Waals surface area contributed by atoms with Crippen LogP contribution in [0.1, 0.15) is 16.7 Å². The molecular weight excluding hydrogens is 683 g/mol. The molecule has 1 aliphatic carbocycles. The van der Waals surface area contributed by atoms with Crippen molar-refractivity contribution < 1.29 is 4.74 Å². The maximum absolute atomic E-state index is 7.24. The number of aromatic nitrogens is 3. The van der Waals surface area contributed by atoms with Gasteiger partial charge in [0.25, 0.3) is 0 Å². The predicted molar refractivity (Wildman–Crippen MR) is 225 cm³/mol. The molecule has 2 heterocycles. The van der Waals surface area contributed by atoms with Gasteiger partial charge in [0, 0.05) is 38.9 Å². The second kappa shape index (κ2) is 12.9. The molecule has 262 valence electrons. The summed E-state index contributed by atoms with van der Waals surface area (Å²) in [6.07, 6.45) is 0. The summed E-state index contributed by atoms with van der Waals surface area (Å²) in [7, 11) is 0. The highest BCUT2D eigenvalue weighted by Crippen LogP contribution is 2.60. The SMILES string of the molecule is c1ccc(-c2nc(-c3ccc(-c4cccc5c4-c4ccccc4C54Oc5ccccc5-c5ccccc54)cc3)nc(-c3ccccc3-c3ccccc3)n2)cc1. The molecule has 9 aromatic rings. The van der Waals surface area contributed by atoms with Gasteiger partial charge < -0.3 is 4.74 Å². The minimum Gasteiger partial charge on any atom is -0.472 e. The van der Waals surface area contributed by atoms with Crippen LogP contribution in [0.4, 0.5) is 0 Å². The third-order valence-electron chi connectivity index (χ3n) is 11.1. The highest BCUT2D eigenvalue weighted by molar-refractivity contribution is 5.95. The van der Waals surface area contributed by atoms with E-state index in [2.05, 4.69) is 158 Å². The van der Waals surface area contributed by atoms with E-state index in [9.17, 15) is 0 Å². The van der Waals surface area contributed by atoms with Gasteiger partial charge in [-0.1, -0.05) is 194 Å². The number of hydrogen-bond acceptors (Lipinski definition) is 4. The van der Waals surface area contributed by atoms with Crippen LogP contribution in [0, 0.1) is 0 Å². The number of benzene rings is 8. The normalized spacial score (nSPS) is 14.6. The lowest BCUT2D eigenvalue weighted by Gasteiger charge is -2.39. The molecule has 0 N–H and O–H groups in total. The minimum absolute atomic E-state index is 0.622. The number of ether oxygens (including phenoxy) is 1. The van der Waals surface area contributed by atoms with Crippen molar-refractivity contribution in [3.05, 3.63) is 217 Å². The average molecular weight is 716 g/mol. The van der Waals surface area contributed by atoms with E-state index in [1.807, 2.05) is 42.5 Å². The Labute approximate surface area is 325 Å². The van der Waals surface area contributed by atoms with Crippen LogP contribution in [0.2, 0.25) is 0 Å². The molecule has 1 atom stereocenters. The highest BCUT2D eigenvalue weighted by atomic mass is 16.5. The lowest BCUT2D eigenvalue weighted by molar-refractivity contribution is 0.157. The van der Waals surface area contributed by atoms with Gasteiger partial charge in [0.1, 0.15) is 5.75 Å². The van der Waals surface area contributed by atoms with Crippen LogP contribution in [0.3, 0.4) is 0 Å². The fraction of sp³-hybridized carbons (Fsp3) is 0.0192. The smallest absolute Gasteiger partial charge is 0.186 e. The molecule has 0 fully saturated rings. The fourth-order valence-electron chi connectivity index (χ4n) is 8.64. The lowest BCUT2D eigenvalue weighted by Crippen LogP contribution is -2.36. The number of hydrogen-bond donors (Lipinski definition) is 0. The van der Waals surface area contributed by atoms with Gasteiger partial charge in [-0.15, -0.1) is 0 Å². The zero-order chi connectivity index (χ0) is 37.1. The molecule has 1 aromatic heterocycles. The maximum atomic E-state index is 7.24. The molecule has 0 saturated heterocycles. The van der Waals surface area contributed by atoms with Crippen molar-refractivity contribution in [2.45, 2.75) is 5.60 Å². The van der Waals surface area contributed by atoms with Gasteiger partial charge in [-0.2, -0.15) is 0 Å². The van der Waals surface area contributed by atoms with Gasteiger partial charge in [-0.25, -0.2) is 15.0 Å². The first-order valence-corrected chi connectivity index (χ1v) is 18.9. The molecular formula is C52H33N3O. The molecule has 4 nitrogen and oxygen atoms in total. The number of para-hydroxylation sites is 1. The zero-order valence-corrected chi connectivity index (χ0v) is 30.3. The molecule has 56 heavy (non-hydrogen) atoms. The summed E-state index contributed by atoms with van der Waals surface area (Å²) in [4.78, 5) is 15.2. The first-order valence-electron chi connectivity index (χ1n) is 18.9. The van der Waals surface area contributed by atoms with Gasteiger partial charge >= 0.3 is 0 Å². The Hall–Kier alpha value is -7.43. The molecule has 0 radical (unpaired) electrons. The summed E-state index contributed by atoms with van der Waals surface area (Å²) in [6.45, 7) is 0. The third-order valence-corrected chi connectivity index (χ3v) is 11.1. The number of fused-ring (bicyclic) bond motifs is 9. The molecule has 1 spiro atoms. The summed E-state index contributed by atoms with van der Waals surface area (Å²) in [6, 6.07) is 69.9.